The molecule has 0 unspecified atom stereocenters. The maximum Gasteiger partial charge on any atom is 0.333 e. The molecule has 2 rings (SSSR count). The van der Waals surface area contributed by atoms with Crippen LogP contribution >= 0.6 is 0 Å². The van der Waals surface area contributed by atoms with Crippen LogP contribution in [0.1, 0.15) is 18.1 Å². The Bertz CT molecular complexity index is 554. The Balaban J connectivity index is 0.000000277. The van der Waals surface area contributed by atoms with Crippen molar-refractivity contribution < 1.29 is 19.4 Å². The van der Waals surface area contributed by atoms with Crippen LogP contribution in [0.15, 0.2) is 72.8 Å². The standard InChI is InChI=1S/C14H14O.C6H10O3/c1-3-7-13(8-4-1)11-15-12-14-9-5-2-6-10-14;1-5(2)6(8)9-4-3-7/h1-10H,11-12H2;7H,1,3-4H2,2H3. The van der Waals surface area contributed by atoms with Crippen molar-refractivity contribution in [3.05, 3.63) is 83.9 Å². The number of carbonyl (C=O) groups is 1. The summed E-state index contributed by atoms with van der Waals surface area (Å²) in [4.78, 5) is 10.5. The highest BCUT2D eigenvalue weighted by molar-refractivity contribution is 5.86. The molecule has 0 spiro atoms. The van der Waals surface area contributed by atoms with Crippen LogP contribution in [0, 0.1) is 0 Å². The summed E-state index contributed by atoms with van der Waals surface area (Å²) in [5.74, 6) is -0.455. The zero-order chi connectivity index (χ0) is 17.6. The highest BCUT2D eigenvalue weighted by Gasteiger charge is 1.99. The zero-order valence-electron chi connectivity index (χ0n) is 14.0. The molecule has 4 nitrogen and oxygen atoms in total. The average molecular weight is 328 g/mol. The summed E-state index contributed by atoms with van der Waals surface area (Å²) in [5, 5.41) is 8.19. The molecule has 128 valence electrons. The van der Waals surface area contributed by atoms with Crippen molar-refractivity contribution >= 4 is 5.97 Å². The molecule has 0 saturated heterocycles. The fourth-order valence-electron chi connectivity index (χ4n) is 1.70. The van der Waals surface area contributed by atoms with Crippen LogP contribution < -0.4 is 0 Å². The fourth-order valence-corrected chi connectivity index (χ4v) is 1.70. The van der Waals surface area contributed by atoms with Gasteiger partial charge in [-0.1, -0.05) is 67.2 Å². The van der Waals surface area contributed by atoms with Crippen LogP contribution in [-0.4, -0.2) is 24.3 Å². The van der Waals surface area contributed by atoms with E-state index in [-0.39, 0.29) is 13.2 Å². The van der Waals surface area contributed by atoms with E-state index in [2.05, 4.69) is 35.6 Å². The van der Waals surface area contributed by atoms with Crippen LogP contribution in [0.5, 0.6) is 0 Å². The second-order valence-electron chi connectivity index (χ2n) is 5.10. The largest absolute Gasteiger partial charge is 0.460 e. The molecular weight excluding hydrogens is 304 g/mol. The minimum Gasteiger partial charge on any atom is -0.460 e. The predicted molar refractivity (Wildman–Crippen MR) is 94.2 cm³/mol. The fraction of sp³-hybridized carbons (Fsp3) is 0.250. The van der Waals surface area contributed by atoms with Gasteiger partial charge in [0.2, 0.25) is 0 Å². The van der Waals surface area contributed by atoms with Crippen molar-refractivity contribution in [3.63, 3.8) is 0 Å². The molecule has 0 amide bonds. The first-order valence-corrected chi connectivity index (χ1v) is 7.72. The van der Waals surface area contributed by atoms with Crippen LogP contribution in [-0.2, 0) is 27.5 Å². The summed E-state index contributed by atoms with van der Waals surface area (Å²) in [5.41, 5.74) is 2.78. The Kier molecular flexibility index (Phi) is 9.85. The number of benzene rings is 2. The van der Waals surface area contributed by atoms with Crippen molar-refractivity contribution in [1.29, 1.82) is 0 Å². The van der Waals surface area contributed by atoms with Gasteiger partial charge in [0, 0.05) is 5.57 Å². The van der Waals surface area contributed by atoms with Gasteiger partial charge in [0.05, 0.1) is 19.8 Å². The number of carbonyl (C=O) groups excluding carboxylic acids is 1. The molecule has 0 radical (unpaired) electrons. The van der Waals surface area contributed by atoms with Crippen molar-refractivity contribution in [1.82, 2.24) is 0 Å². The van der Waals surface area contributed by atoms with Gasteiger partial charge in [-0.15, -0.1) is 0 Å². The first-order chi connectivity index (χ1) is 11.6. The first-order valence-electron chi connectivity index (χ1n) is 7.72. The van der Waals surface area contributed by atoms with Gasteiger partial charge in [-0.3, -0.25) is 0 Å². The van der Waals surface area contributed by atoms with E-state index in [0.717, 1.165) is 0 Å². The lowest BCUT2D eigenvalue weighted by molar-refractivity contribution is -0.139. The summed E-state index contributed by atoms with van der Waals surface area (Å²) >= 11 is 0. The number of hydrogen-bond acceptors (Lipinski definition) is 4. The molecule has 0 saturated carbocycles. The SMILES string of the molecule is C=C(C)C(=O)OCCO.c1ccc(COCc2ccccc2)cc1. The van der Waals surface area contributed by atoms with Gasteiger partial charge in [-0.05, 0) is 18.1 Å². The second-order valence-corrected chi connectivity index (χ2v) is 5.10. The van der Waals surface area contributed by atoms with Crippen LogP contribution in [0.2, 0.25) is 0 Å². The van der Waals surface area contributed by atoms with Crippen LogP contribution in [0.25, 0.3) is 0 Å². The Morgan fingerprint density at radius 1 is 0.958 bits per heavy atom. The lowest BCUT2D eigenvalue weighted by Gasteiger charge is -2.03. The Morgan fingerprint density at radius 2 is 1.42 bits per heavy atom. The number of rotatable bonds is 7. The highest BCUT2D eigenvalue weighted by atomic mass is 16.5. The van der Waals surface area contributed by atoms with E-state index >= 15 is 0 Å². The topological polar surface area (TPSA) is 55.8 Å². The lowest BCUT2D eigenvalue weighted by Crippen LogP contribution is -2.08. The highest BCUT2D eigenvalue weighted by Crippen LogP contribution is 2.05. The minimum absolute atomic E-state index is 0.0473. The number of aliphatic hydroxyl groups is 1. The molecular formula is C20H24O4. The van der Waals surface area contributed by atoms with E-state index in [1.165, 1.54) is 11.1 Å². The molecule has 1 N–H and O–H groups in total. The molecule has 2 aromatic rings. The number of esters is 1. The van der Waals surface area contributed by atoms with Crippen molar-refractivity contribution in [2.75, 3.05) is 13.2 Å². The summed E-state index contributed by atoms with van der Waals surface area (Å²) in [6, 6.07) is 20.4. The number of ether oxygens (including phenoxy) is 2. The van der Waals surface area contributed by atoms with Crippen molar-refractivity contribution in [3.8, 4) is 0 Å². The molecule has 4 heteroatoms. The Hall–Kier alpha value is -2.43. The maximum absolute atomic E-state index is 10.5. The Labute approximate surface area is 143 Å². The third-order valence-electron chi connectivity index (χ3n) is 2.90. The van der Waals surface area contributed by atoms with E-state index in [0.29, 0.717) is 18.8 Å². The summed E-state index contributed by atoms with van der Waals surface area (Å²) in [6.07, 6.45) is 0. The molecule has 0 aliphatic heterocycles. The summed E-state index contributed by atoms with van der Waals surface area (Å²) in [7, 11) is 0. The zero-order valence-corrected chi connectivity index (χ0v) is 14.0. The number of hydrogen-bond donors (Lipinski definition) is 1. The molecule has 0 heterocycles. The third kappa shape index (κ3) is 8.88. The van der Waals surface area contributed by atoms with Gasteiger partial charge in [-0.2, -0.15) is 0 Å². The van der Waals surface area contributed by atoms with Crippen LogP contribution in [0.3, 0.4) is 0 Å². The van der Waals surface area contributed by atoms with Gasteiger partial charge in [0.1, 0.15) is 6.61 Å². The molecule has 0 aliphatic rings. The molecule has 0 aromatic heterocycles. The minimum atomic E-state index is -0.455. The third-order valence-corrected chi connectivity index (χ3v) is 2.90. The maximum atomic E-state index is 10.5. The first kappa shape index (κ1) is 19.6. The monoisotopic (exact) mass is 328 g/mol. The summed E-state index contributed by atoms with van der Waals surface area (Å²) < 4.78 is 10.1. The van der Waals surface area contributed by atoms with Crippen molar-refractivity contribution in [2.45, 2.75) is 20.1 Å². The Morgan fingerprint density at radius 3 is 1.79 bits per heavy atom. The van der Waals surface area contributed by atoms with E-state index < -0.39 is 5.97 Å². The lowest BCUT2D eigenvalue weighted by atomic mass is 10.2. The summed E-state index contributed by atoms with van der Waals surface area (Å²) in [6.45, 7) is 6.17. The molecule has 0 fully saturated rings. The molecule has 0 atom stereocenters. The molecule has 24 heavy (non-hydrogen) atoms. The molecule has 0 bridgehead atoms. The molecule has 2 aromatic carbocycles. The normalized spacial score (nSPS) is 9.58. The van der Waals surface area contributed by atoms with Gasteiger partial charge in [-0.25, -0.2) is 4.79 Å². The van der Waals surface area contributed by atoms with E-state index in [1.807, 2.05) is 36.4 Å². The smallest absolute Gasteiger partial charge is 0.333 e. The van der Waals surface area contributed by atoms with Gasteiger partial charge < -0.3 is 14.6 Å². The number of aliphatic hydroxyl groups excluding tert-OH is 1. The van der Waals surface area contributed by atoms with E-state index in [4.69, 9.17) is 9.84 Å². The van der Waals surface area contributed by atoms with E-state index in [9.17, 15) is 4.79 Å². The van der Waals surface area contributed by atoms with E-state index in [1.54, 1.807) is 6.92 Å². The van der Waals surface area contributed by atoms with Crippen LogP contribution in [0.4, 0.5) is 0 Å². The average Bonchev–Trinajstić information content (AvgIpc) is 2.62. The predicted octanol–water partition coefficient (Wildman–Crippen LogP) is 3.50. The van der Waals surface area contributed by atoms with Gasteiger partial charge in [0.15, 0.2) is 0 Å². The van der Waals surface area contributed by atoms with Crippen molar-refractivity contribution in [2.24, 2.45) is 0 Å². The molecule has 0 aliphatic carbocycles. The quantitative estimate of drug-likeness (QED) is 0.624. The second kappa shape index (κ2) is 12.0. The van der Waals surface area contributed by atoms with Gasteiger partial charge in [0.25, 0.3) is 0 Å². The van der Waals surface area contributed by atoms with Gasteiger partial charge >= 0.3 is 5.97 Å².